The van der Waals surface area contributed by atoms with Crippen molar-refractivity contribution in [2.24, 2.45) is 5.41 Å². The molecule has 0 unspecified atom stereocenters. The standard InChI is InChI=1S/C29H30N6O2/c1-20-5-7-21(8-6-20)15-30-28(37)29(2)17-33(18-29)27-25-14-23(16-35(25)32-19-31-27)22-9-11-24(12-10-22)34-13-3-4-26(34)36/h5-12,14,16,19H,3-4,13,15,17-18H2,1-2H3,(H,30,37). The molecule has 0 aliphatic carbocycles. The zero-order valence-electron chi connectivity index (χ0n) is 21.1. The summed E-state index contributed by atoms with van der Waals surface area (Å²) in [7, 11) is 0. The molecule has 6 rings (SSSR count). The molecule has 8 heteroatoms. The first kappa shape index (κ1) is 23.2. The molecule has 0 saturated carbocycles. The van der Waals surface area contributed by atoms with Gasteiger partial charge in [-0.15, -0.1) is 0 Å². The number of benzene rings is 2. The van der Waals surface area contributed by atoms with Gasteiger partial charge in [-0.05, 0) is 49.6 Å². The Labute approximate surface area is 215 Å². The van der Waals surface area contributed by atoms with Crippen LogP contribution in [0.3, 0.4) is 0 Å². The predicted molar refractivity (Wildman–Crippen MR) is 143 cm³/mol. The minimum Gasteiger partial charge on any atom is -0.352 e. The number of carbonyl (C=O) groups excluding carboxylic acids is 2. The van der Waals surface area contributed by atoms with Crippen LogP contribution in [-0.4, -0.2) is 46.0 Å². The molecule has 0 spiro atoms. The van der Waals surface area contributed by atoms with E-state index in [1.54, 1.807) is 6.33 Å². The van der Waals surface area contributed by atoms with Crippen molar-refractivity contribution in [3.8, 4) is 11.1 Å². The summed E-state index contributed by atoms with van der Waals surface area (Å²) < 4.78 is 1.84. The molecule has 2 aromatic heterocycles. The van der Waals surface area contributed by atoms with Crippen LogP contribution in [0, 0.1) is 12.3 Å². The number of rotatable bonds is 6. The van der Waals surface area contributed by atoms with E-state index in [0.29, 0.717) is 26.1 Å². The van der Waals surface area contributed by atoms with Gasteiger partial charge in [-0.25, -0.2) is 9.50 Å². The molecule has 2 fully saturated rings. The Morgan fingerprint density at radius 2 is 1.81 bits per heavy atom. The zero-order chi connectivity index (χ0) is 25.6. The van der Waals surface area contributed by atoms with Gasteiger partial charge in [0.05, 0.1) is 5.41 Å². The Bertz CT molecular complexity index is 1470. The van der Waals surface area contributed by atoms with Crippen LogP contribution in [0.2, 0.25) is 0 Å². The summed E-state index contributed by atoms with van der Waals surface area (Å²) in [5.74, 6) is 1.07. The summed E-state index contributed by atoms with van der Waals surface area (Å²) in [6, 6.07) is 18.4. The SMILES string of the molecule is Cc1ccc(CNC(=O)C2(C)CN(c3ncnn4cc(-c5ccc(N6CCCC6=O)cc5)cc34)C2)cc1. The zero-order valence-corrected chi connectivity index (χ0v) is 21.1. The van der Waals surface area contributed by atoms with Crippen molar-refractivity contribution in [2.45, 2.75) is 33.2 Å². The molecule has 37 heavy (non-hydrogen) atoms. The number of anilines is 2. The number of hydrogen-bond acceptors (Lipinski definition) is 5. The van der Waals surface area contributed by atoms with Crippen molar-refractivity contribution >= 4 is 28.8 Å². The molecule has 4 heterocycles. The highest BCUT2D eigenvalue weighted by molar-refractivity contribution is 5.95. The Morgan fingerprint density at radius 3 is 2.51 bits per heavy atom. The first-order valence-corrected chi connectivity index (χ1v) is 12.7. The molecule has 0 radical (unpaired) electrons. The van der Waals surface area contributed by atoms with Crippen LogP contribution in [-0.2, 0) is 16.1 Å². The lowest BCUT2D eigenvalue weighted by Crippen LogP contribution is -2.62. The molecule has 0 bridgehead atoms. The Kier molecular flexibility index (Phi) is 5.67. The molecular formula is C29H30N6O2. The second kappa shape index (κ2) is 9.03. The van der Waals surface area contributed by atoms with E-state index >= 15 is 0 Å². The van der Waals surface area contributed by atoms with Crippen LogP contribution in [0.15, 0.2) is 67.1 Å². The number of nitrogens with one attached hydrogen (secondary N) is 1. The van der Waals surface area contributed by atoms with Crippen LogP contribution in [0.25, 0.3) is 16.6 Å². The highest BCUT2D eigenvalue weighted by atomic mass is 16.2. The third-order valence-electron chi connectivity index (χ3n) is 7.47. The van der Waals surface area contributed by atoms with Crippen molar-refractivity contribution < 1.29 is 9.59 Å². The van der Waals surface area contributed by atoms with Gasteiger partial charge in [-0.2, -0.15) is 5.10 Å². The van der Waals surface area contributed by atoms with E-state index in [2.05, 4.69) is 45.4 Å². The molecule has 4 aromatic rings. The van der Waals surface area contributed by atoms with Crippen molar-refractivity contribution in [3.63, 3.8) is 0 Å². The van der Waals surface area contributed by atoms with E-state index < -0.39 is 5.41 Å². The molecule has 8 nitrogen and oxygen atoms in total. The van der Waals surface area contributed by atoms with Gasteiger partial charge < -0.3 is 15.1 Å². The molecule has 2 aliphatic rings. The predicted octanol–water partition coefficient (Wildman–Crippen LogP) is 3.97. The highest BCUT2D eigenvalue weighted by Gasteiger charge is 2.46. The second-order valence-corrected chi connectivity index (χ2v) is 10.4. The van der Waals surface area contributed by atoms with Crippen molar-refractivity contribution in [1.29, 1.82) is 0 Å². The van der Waals surface area contributed by atoms with Crippen molar-refractivity contribution in [3.05, 3.63) is 78.2 Å². The summed E-state index contributed by atoms with van der Waals surface area (Å²) in [5, 5.41) is 7.50. The number of fused-ring (bicyclic) bond motifs is 1. The summed E-state index contributed by atoms with van der Waals surface area (Å²) in [5.41, 5.74) is 5.75. The summed E-state index contributed by atoms with van der Waals surface area (Å²) >= 11 is 0. The molecule has 1 N–H and O–H groups in total. The average Bonchev–Trinajstić information content (AvgIpc) is 3.52. The monoisotopic (exact) mass is 494 g/mol. The maximum atomic E-state index is 13.0. The van der Waals surface area contributed by atoms with Crippen LogP contribution >= 0.6 is 0 Å². The van der Waals surface area contributed by atoms with E-state index in [-0.39, 0.29) is 11.8 Å². The fraction of sp³-hybridized carbons (Fsp3) is 0.310. The van der Waals surface area contributed by atoms with E-state index in [1.165, 1.54) is 5.56 Å². The van der Waals surface area contributed by atoms with Gasteiger partial charge in [0.25, 0.3) is 0 Å². The van der Waals surface area contributed by atoms with Gasteiger partial charge in [-0.1, -0.05) is 42.0 Å². The second-order valence-electron chi connectivity index (χ2n) is 10.4. The van der Waals surface area contributed by atoms with Gasteiger partial charge in [0.2, 0.25) is 11.8 Å². The lowest BCUT2D eigenvalue weighted by atomic mass is 9.81. The molecule has 2 aliphatic heterocycles. The maximum absolute atomic E-state index is 13.0. The molecule has 2 amide bonds. The summed E-state index contributed by atoms with van der Waals surface area (Å²) in [6.45, 7) is 6.56. The third kappa shape index (κ3) is 4.33. The minimum absolute atomic E-state index is 0.0575. The smallest absolute Gasteiger partial charge is 0.229 e. The van der Waals surface area contributed by atoms with Crippen LogP contribution in [0.4, 0.5) is 11.5 Å². The first-order valence-electron chi connectivity index (χ1n) is 12.7. The number of amides is 2. The maximum Gasteiger partial charge on any atom is 0.229 e. The minimum atomic E-state index is -0.467. The largest absolute Gasteiger partial charge is 0.352 e. The first-order chi connectivity index (χ1) is 17.9. The molecular weight excluding hydrogens is 464 g/mol. The Balaban J connectivity index is 1.15. The molecule has 0 atom stereocenters. The summed E-state index contributed by atoms with van der Waals surface area (Å²) in [6.07, 6.45) is 5.08. The molecule has 188 valence electrons. The topological polar surface area (TPSA) is 82.8 Å². The number of hydrogen-bond donors (Lipinski definition) is 1. The number of aryl methyl sites for hydroxylation is 1. The fourth-order valence-electron chi connectivity index (χ4n) is 5.26. The van der Waals surface area contributed by atoms with Crippen molar-refractivity contribution in [1.82, 2.24) is 19.9 Å². The van der Waals surface area contributed by atoms with Gasteiger partial charge >= 0.3 is 0 Å². The van der Waals surface area contributed by atoms with Crippen molar-refractivity contribution in [2.75, 3.05) is 29.4 Å². The van der Waals surface area contributed by atoms with E-state index in [1.807, 2.05) is 58.9 Å². The number of carbonyl (C=O) groups is 2. The van der Waals surface area contributed by atoms with Crippen LogP contribution in [0.5, 0.6) is 0 Å². The van der Waals surface area contributed by atoms with E-state index in [4.69, 9.17) is 0 Å². The van der Waals surface area contributed by atoms with E-state index in [9.17, 15) is 9.59 Å². The van der Waals surface area contributed by atoms with Crippen LogP contribution < -0.4 is 15.1 Å². The van der Waals surface area contributed by atoms with Gasteiger partial charge in [0, 0.05) is 50.0 Å². The Hall–Kier alpha value is -4.20. The molecule has 2 saturated heterocycles. The van der Waals surface area contributed by atoms with Crippen LogP contribution in [0.1, 0.15) is 30.9 Å². The lowest BCUT2D eigenvalue weighted by Gasteiger charge is -2.47. The normalized spacial score (nSPS) is 16.8. The molecule has 2 aromatic carbocycles. The number of aromatic nitrogens is 3. The summed E-state index contributed by atoms with van der Waals surface area (Å²) in [4.78, 5) is 33.6. The number of nitrogens with zero attached hydrogens (tertiary/aromatic N) is 5. The highest BCUT2D eigenvalue weighted by Crippen LogP contribution is 2.36. The fourth-order valence-corrected chi connectivity index (χ4v) is 5.26. The third-order valence-corrected chi connectivity index (χ3v) is 7.47. The average molecular weight is 495 g/mol. The van der Waals surface area contributed by atoms with Gasteiger partial charge in [-0.3, -0.25) is 9.59 Å². The lowest BCUT2D eigenvalue weighted by molar-refractivity contribution is -0.131. The quantitative estimate of drug-likeness (QED) is 0.439. The Morgan fingerprint density at radius 1 is 1.05 bits per heavy atom. The van der Waals surface area contributed by atoms with E-state index in [0.717, 1.165) is 46.7 Å². The van der Waals surface area contributed by atoms with Gasteiger partial charge in [0.15, 0.2) is 5.82 Å². The van der Waals surface area contributed by atoms with Gasteiger partial charge in [0.1, 0.15) is 11.8 Å².